The number of fused-ring (bicyclic) bond motifs is 1. The molecule has 1 fully saturated rings. The van der Waals surface area contributed by atoms with Gasteiger partial charge in [-0.1, -0.05) is 30.3 Å². The molecule has 0 atom stereocenters. The number of carbonyl (C=O) groups excluding carboxylic acids is 1. The molecule has 4 rings (SSSR count). The molecule has 1 amide bonds. The molecule has 2 heterocycles. The highest BCUT2D eigenvalue weighted by molar-refractivity contribution is 5.93. The first-order chi connectivity index (χ1) is 13.6. The monoisotopic (exact) mass is 378 g/mol. The maximum Gasteiger partial charge on any atom is 0.238 e. The third-order valence-electron chi connectivity index (χ3n) is 6.04. The fourth-order valence-corrected chi connectivity index (χ4v) is 4.17. The van der Waals surface area contributed by atoms with Crippen molar-refractivity contribution in [2.45, 2.75) is 26.8 Å². The smallest absolute Gasteiger partial charge is 0.238 e. The van der Waals surface area contributed by atoms with E-state index in [0.717, 1.165) is 56.9 Å². The molecule has 2 aliphatic rings. The lowest BCUT2D eigenvalue weighted by atomic mass is 10.1. The van der Waals surface area contributed by atoms with Gasteiger partial charge in [-0.05, 0) is 48.6 Å². The largest absolute Gasteiger partial charge is 0.384 e. The number of rotatable bonds is 5. The molecule has 5 heteroatoms. The van der Waals surface area contributed by atoms with Crippen molar-refractivity contribution in [1.82, 2.24) is 9.80 Å². The van der Waals surface area contributed by atoms with Crippen LogP contribution in [0.3, 0.4) is 0 Å². The Morgan fingerprint density at radius 3 is 2.61 bits per heavy atom. The number of carbonyl (C=O) groups is 1. The quantitative estimate of drug-likeness (QED) is 0.840. The molecule has 5 nitrogen and oxygen atoms in total. The molecule has 0 bridgehead atoms. The summed E-state index contributed by atoms with van der Waals surface area (Å²) in [5, 5.41) is 6.61. The predicted octanol–water partition coefficient (Wildman–Crippen LogP) is 3.03. The van der Waals surface area contributed by atoms with Crippen LogP contribution in [0, 0.1) is 13.8 Å². The van der Waals surface area contributed by atoms with E-state index in [1.807, 2.05) is 12.1 Å². The average Bonchev–Trinajstić information content (AvgIpc) is 3.17. The second-order valence-corrected chi connectivity index (χ2v) is 7.98. The van der Waals surface area contributed by atoms with Gasteiger partial charge in [0.15, 0.2) is 0 Å². The average molecular weight is 379 g/mol. The van der Waals surface area contributed by atoms with Crippen LogP contribution in [-0.2, 0) is 17.8 Å². The van der Waals surface area contributed by atoms with Crippen LogP contribution in [0.25, 0.3) is 0 Å². The summed E-state index contributed by atoms with van der Waals surface area (Å²) < 4.78 is 0. The van der Waals surface area contributed by atoms with Gasteiger partial charge < -0.3 is 10.6 Å². The van der Waals surface area contributed by atoms with Crippen molar-refractivity contribution in [2.24, 2.45) is 0 Å². The minimum absolute atomic E-state index is 0.0761. The Kier molecular flexibility index (Phi) is 5.64. The van der Waals surface area contributed by atoms with E-state index in [9.17, 15) is 4.79 Å². The molecule has 148 valence electrons. The number of hydrogen-bond acceptors (Lipinski definition) is 4. The Morgan fingerprint density at radius 1 is 1.04 bits per heavy atom. The molecule has 0 radical (unpaired) electrons. The molecular weight excluding hydrogens is 348 g/mol. The van der Waals surface area contributed by atoms with Gasteiger partial charge in [0.1, 0.15) is 0 Å². The number of benzene rings is 2. The lowest BCUT2D eigenvalue weighted by Crippen LogP contribution is -2.48. The summed E-state index contributed by atoms with van der Waals surface area (Å²) in [5.41, 5.74) is 7.46. The van der Waals surface area contributed by atoms with E-state index in [1.54, 1.807) is 0 Å². The Balaban J connectivity index is 1.27. The van der Waals surface area contributed by atoms with Gasteiger partial charge in [0.05, 0.1) is 6.54 Å². The van der Waals surface area contributed by atoms with E-state index in [-0.39, 0.29) is 5.91 Å². The van der Waals surface area contributed by atoms with E-state index >= 15 is 0 Å². The topological polar surface area (TPSA) is 47.6 Å². The van der Waals surface area contributed by atoms with Gasteiger partial charge in [0.2, 0.25) is 5.91 Å². The van der Waals surface area contributed by atoms with Crippen LogP contribution in [0.2, 0.25) is 0 Å². The highest BCUT2D eigenvalue weighted by Gasteiger charge is 2.21. The van der Waals surface area contributed by atoms with Gasteiger partial charge in [0, 0.05) is 50.6 Å². The number of nitrogens with zero attached hydrogens (tertiary/aromatic N) is 2. The molecule has 2 aliphatic heterocycles. The summed E-state index contributed by atoms with van der Waals surface area (Å²) in [5.74, 6) is 0.0761. The molecule has 2 N–H and O–H groups in total. The van der Waals surface area contributed by atoms with Gasteiger partial charge in [-0.2, -0.15) is 0 Å². The molecule has 0 saturated carbocycles. The Hall–Kier alpha value is -2.37. The minimum atomic E-state index is 0.0761. The van der Waals surface area contributed by atoms with Crippen LogP contribution < -0.4 is 10.6 Å². The van der Waals surface area contributed by atoms with E-state index < -0.39 is 0 Å². The van der Waals surface area contributed by atoms with Crippen molar-refractivity contribution in [1.29, 1.82) is 0 Å². The molecule has 28 heavy (non-hydrogen) atoms. The first-order valence-corrected chi connectivity index (χ1v) is 10.3. The van der Waals surface area contributed by atoms with Gasteiger partial charge >= 0.3 is 0 Å². The minimum Gasteiger partial charge on any atom is -0.384 e. The highest BCUT2D eigenvalue weighted by Crippen LogP contribution is 2.27. The molecule has 1 saturated heterocycles. The first kappa shape index (κ1) is 19.0. The van der Waals surface area contributed by atoms with E-state index in [1.165, 1.54) is 22.4 Å². The zero-order valence-corrected chi connectivity index (χ0v) is 16.9. The summed E-state index contributed by atoms with van der Waals surface area (Å²) in [6.45, 7) is 10.5. The third kappa shape index (κ3) is 4.21. The summed E-state index contributed by atoms with van der Waals surface area (Å²) >= 11 is 0. The second-order valence-electron chi connectivity index (χ2n) is 7.98. The number of hydrogen-bond donors (Lipinski definition) is 2. The Bertz CT molecular complexity index is 856. The summed E-state index contributed by atoms with van der Waals surface area (Å²) in [6.07, 6.45) is 1.13. The van der Waals surface area contributed by atoms with Crippen LogP contribution in [0.4, 0.5) is 11.4 Å². The summed E-state index contributed by atoms with van der Waals surface area (Å²) in [7, 11) is 0. The van der Waals surface area contributed by atoms with Gasteiger partial charge in [-0.3, -0.25) is 14.6 Å². The van der Waals surface area contributed by atoms with Crippen LogP contribution >= 0.6 is 0 Å². The maximum absolute atomic E-state index is 12.5. The number of aryl methyl sites for hydroxylation is 1. The second kappa shape index (κ2) is 8.33. The zero-order valence-electron chi connectivity index (χ0n) is 16.9. The number of anilines is 2. The summed E-state index contributed by atoms with van der Waals surface area (Å²) in [4.78, 5) is 17.2. The SMILES string of the molecule is Cc1cccc(NC(=O)CN2CCN(Cc3cccc4c3NCC4)CC2)c1C. The van der Waals surface area contributed by atoms with E-state index in [2.05, 4.69) is 58.5 Å². The van der Waals surface area contributed by atoms with Crippen molar-refractivity contribution in [3.63, 3.8) is 0 Å². The maximum atomic E-state index is 12.5. The zero-order chi connectivity index (χ0) is 19.5. The van der Waals surface area contributed by atoms with Gasteiger partial charge in [-0.25, -0.2) is 0 Å². The lowest BCUT2D eigenvalue weighted by molar-refractivity contribution is -0.117. The number of nitrogens with one attached hydrogen (secondary N) is 2. The molecule has 2 aromatic carbocycles. The van der Waals surface area contributed by atoms with Crippen LogP contribution in [0.1, 0.15) is 22.3 Å². The fourth-order valence-electron chi connectivity index (χ4n) is 4.17. The van der Waals surface area contributed by atoms with Crippen molar-refractivity contribution >= 4 is 17.3 Å². The van der Waals surface area contributed by atoms with E-state index in [0.29, 0.717) is 6.54 Å². The predicted molar refractivity (Wildman–Crippen MR) is 115 cm³/mol. The molecule has 2 aromatic rings. The van der Waals surface area contributed by atoms with Crippen LogP contribution in [-0.4, -0.2) is 55.0 Å². The first-order valence-electron chi connectivity index (χ1n) is 10.3. The Labute approximate surface area is 167 Å². The number of amides is 1. The lowest BCUT2D eigenvalue weighted by Gasteiger charge is -2.34. The van der Waals surface area contributed by atoms with Gasteiger partial charge in [0.25, 0.3) is 0 Å². The highest BCUT2D eigenvalue weighted by atomic mass is 16.2. The van der Waals surface area contributed by atoms with Crippen molar-refractivity contribution in [3.8, 4) is 0 Å². The van der Waals surface area contributed by atoms with Crippen molar-refractivity contribution in [3.05, 3.63) is 58.7 Å². The molecule has 0 aromatic heterocycles. The van der Waals surface area contributed by atoms with Crippen molar-refractivity contribution in [2.75, 3.05) is 49.9 Å². The molecule has 0 unspecified atom stereocenters. The number of piperazine rings is 1. The summed E-state index contributed by atoms with van der Waals surface area (Å²) in [6, 6.07) is 12.7. The van der Waals surface area contributed by atoms with Gasteiger partial charge in [-0.15, -0.1) is 0 Å². The molecule has 0 spiro atoms. The standard InChI is InChI=1S/C23H30N4O/c1-17-5-3-8-21(18(17)2)25-22(28)16-27-13-11-26(12-14-27)15-20-7-4-6-19-9-10-24-23(19)20/h3-8,24H,9-16H2,1-2H3,(H,25,28). The molecule has 0 aliphatic carbocycles. The Morgan fingerprint density at radius 2 is 1.79 bits per heavy atom. The van der Waals surface area contributed by atoms with Crippen molar-refractivity contribution < 1.29 is 4.79 Å². The fraction of sp³-hybridized carbons (Fsp3) is 0.435. The normalized spacial score (nSPS) is 17.2. The van der Waals surface area contributed by atoms with Crippen LogP contribution in [0.5, 0.6) is 0 Å². The van der Waals surface area contributed by atoms with E-state index in [4.69, 9.17) is 0 Å². The molecular formula is C23H30N4O. The number of para-hydroxylation sites is 1. The third-order valence-corrected chi connectivity index (χ3v) is 6.04. The van der Waals surface area contributed by atoms with Crippen LogP contribution in [0.15, 0.2) is 36.4 Å².